The highest BCUT2D eigenvalue weighted by molar-refractivity contribution is 5.94. The van der Waals surface area contributed by atoms with Crippen molar-refractivity contribution in [1.29, 1.82) is 0 Å². The van der Waals surface area contributed by atoms with Crippen LogP contribution in [-0.4, -0.2) is 32.1 Å². The first-order valence-corrected chi connectivity index (χ1v) is 7.18. The van der Waals surface area contributed by atoms with E-state index >= 15 is 0 Å². The molecule has 0 radical (unpaired) electrons. The van der Waals surface area contributed by atoms with E-state index in [2.05, 4.69) is 0 Å². The fourth-order valence-electron chi connectivity index (χ4n) is 2.33. The molecule has 0 spiro atoms. The number of carbonyl (C=O) groups excluding carboxylic acids is 1. The number of benzene rings is 2. The Bertz CT molecular complexity index is 715. The van der Waals surface area contributed by atoms with Crippen molar-refractivity contribution in [2.24, 2.45) is 0 Å². The van der Waals surface area contributed by atoms with Gasteiger partial charge in [0.05, 0.1) is 14.2 Å². The lowest BCUT2D eigenvalue weighted by Crippen LogP contribution is -2.26. The van der Waals surface area contributed by atoms with Crippen LogP contribution >= 0.6 is 0 Å². The number of ether oxygens (including phenoxy) is 2. The summed E-state index contributed by atoms with van der Waals surface area (Å²) in [5.41, 5.74) is 2.19. The van der Waals surface area contributed by atoms with Gasteiger partial charge in [-0.2, -0.15) is 0 Å². The molecule has 122 valence electrons. The third kappa shape index (κ3) is 3.80. The van der Waals surface area contributed by atoms with Gasteiger partial charge in [-0.25, -0.2) is 4.39 Å². The highest BCUT2D eigenvalue weighted by Gasteiger charge is 2.14. The molecule has 2 aromatic carbocycles. The molecule has 5 heteroatoms. The van der Waals surface area contributed by atoms with Gasteiger partial charge in [-0.05, 0) is 42.3 Å². The molecule has 0 atom stereocenters. The molecule has 2 rings (SSSR count). The van der Waals surface area contributed by atoms with Gasteiger partial charge in [0.15, 0.2) is 11.6 Å². The van der Waals surface area contributed by atoms with Crippen LogP contribution in [0.1, 0.15) is 21.5 Å². The lowest BCUT2D eigenvalue weighted by molar-refractivity contribution is 0.0784. The number of hydrogen-bond donors (Lipinski definition) is 0. The molecule has 2 aromatic rings. The average Bonchev–Trinajstić information content (AvgIpc) is 2.54. The molecule has 4 nitrogen and oxygen atoms in total. The van der Waals surface area contributed by atoms with Crippen LogP contribution in [0.5, 0.6) is 11.5 Å². The third-order valence-corrected chi connectivity index (χ3v) is 3.64. The Morgan fingerprint density at radius 3 is 2.39 bits per heavy atom. The van der Waals surface area contributed by atoms with Crippen molar-refractivity contribution in [1.82, 2.24) is 4.90 Å². The van der Waals surface area contributed by atoms with Crippen LogP contribution < -0.4 is 9.47 Å². The van der Waals surface area contributed by atoms with Gasteiger partial charge in [0.25, 0.3) is 5.91 Å². The Balaban J connectivity index is 2.15. The molecular weight excluding hydrogens is 297 g/mol. The second kappa shape index (κ2) is 7.13. The summed E-state index contributed by atoms with van der Waals surface area (Å²) < 4.78 is 23.9. The van der Waals surface area contributed by atoms with Crippen LogP contribution in [0.15, 0.2) is 36.4 Å². The fourth-order valence-corrected chi connectivity index (χ4v) is 2.33. The number of halogens is 1. The Hall–Kier alpha value is -2.56. The molecule has 0 saturated carbocycles. The predicted octanol–water partition coefficient (Wildman–Crippen LogP) is 3.42. The van der Waals surface area contributed by atoms with Gasteiger partial charge in [0.2, 0.25) is 0 Å². The first kappa shape index (κ1) is 16.8. The van der Waals surface area contributed by atoms with E-state index < -0.39 is 5.82 Å². The van der Waals surface area contributed by atoms with Crippen LogP contribution in [0.3, 0.4) is 0 Å². The zero-order valence-electron chi connectivity index (χ0n) is 13.7. The van der Waals surface area contributed by atoms with Crippen LogP contribution in [0, 0.1) is 12.7 Å². The molecule has 0 unspecified atom stereocenters. The Labute approximate surface area is 135 Å². The molecule has 0 bridgehead atoms. The minimum atomic E-state index is -0.442. The maximum absolute atomic E-state index is 13.7. The lowest BCUT2D eigenvalue weighted by atomic mass is 10.1. The van der Waals surface area contributed by atoms with Gasteiger partial charge < -0.3 is 14.4 Å². The fraction of sp³-hybridized carbons (Fsp3) is 0.278. The van der Waals surface area contributed by atoms with Crippen molar-refractivity contribution in [3.05, 3.63) is 58.9 Å². The van der Waals surface area contributed by atoms with Crippen LogP contribution in [-0.2, 0) is 6.54 Å². The zero-order valence-corrected chi connectivity index (χ0v) is 13.7. The monoisotopic (exact) mass is 317 g/mol. The Morgan fingerprint density at radius 2 is 1.78 bits per heavy atom. The van der Waals surface area contributed by atoms with Crippen LogP contribution in [0.4, 0.5) is 4.39 Å². The summed E-state index contributed by atoms with van der Waals surface area (Å²) in [5, 5.41) is 0. The SMILES string of the molecule is COc1cc(C(=O)N(C)Cc2ccc(OC)c(F)c2)ccc1C. The van der Waals surface area contributed by atoms with Gasteiger partial charge in [0, 0.05) is 19.2 Å². The molecule has 0 fully saturated rings. The van der Waals surface area contributed by atoms with E-state index in [9.17, 15) is 9.18 Å². The second-order valence-electron chi connectivity index (χ2n) is 5.31. The quantitative estimate of drug-likeness (QED) is 0.848. The smallest absolute Gasteiger partial charge is 0.254 e. The highest BCUT2D eigenvalue weighted by Crippen LogP contribution is 2.21. The van der Waals surface area contributed by atoms with E-state index in [1.807, 2.05) is 13.0 Å². The number of nitrogens with zero attached hydrogens (tertiary/aromatic N) is 1. The van der Waals surface area contributed by atoms with Gasteiger partial charge >= 0.3 is 0 Å². The molecule has 0 heterocycles. The highest BCUT2D eigenvalue weighted by atomic mass is 19.1. The first-order chi connectivity index (χ1) is 11.0. The summed E-state index contributed by atoms with van der Waals surface area (Å²) in [6.45, 7) is 2.22. The number of aryl methyl sites for hydroxylation is 1. The molecule has 0 aromatic heterocycles. The summed E-state index contributed by atoms with van der Waals surface area (Å²) in [7, 11) is 4.66. The van der Waals surface area contributed by atoms with Crippen molar-refractivity contribution in [2.75, 3.05) is 21.3 Å². The number of carbonyl (C=O) groups is 1. The lowest BCUT2D eigenvalue weighted by Gasteiger charge is -2.18. The summed E-state index contributed by atoms with van der Waals surface area (Å²) in [6, 6.07) is 9.97. The van der Waals surface area contributed by atoms with Gasteiger partial charge in [-0.1, -0.05) is 12.1 Å². The Morgan fingerprint density at radius 1 is 1.09 bits per heavy atom. The minimum absolute atomic E-state index is 0.153. The predicted molar refractivity (Wildman–Crippen MR) is 86.5 cm³/mol. The molecule has 0 aliphatic carbocycles. The first-order valence-electron chi connectivity index (χ1n) is 7.18. The largest absolute Gasteiger partial charge is 0.496 e. The molecule has 0 aliphatic rings. The van der Waals surface area contributed by atoms with Crippen molar-refractivity contribution in [3.63, 3.8) is 0 Å². The van der Waals surface area contributed by atoms with E-state index in [4.69, 9.17) is 9.47 Å². The zero-order chi connectivity index (χ0) is 17.0. The van der Waals surface area contributed by atoms with Crippen molar-refractivity contribution >= 4 is 5.91 Å². The number of rotatable bonds is 5. The van der Waals surface area contributed by atoms with Crippen LogP contribution in [0.25, 0.3) is 0 Å². The Kier molecular flexibility index (Phi) is 5.21. The maximum atomic E-state index is 13.7. The van der Waals surface area contributed by atoms with E-state index in [-0.39, 0.29) is 11.7 Å². The molecular formula is C18H20FNO3. The van der Waals surface area contributed by atoms with E-state index in [0.717, 1.165) is 5.56 Å². The number of amides is 1. The second-order valence-corrected chi connectivity index (χ2v) is 5.31. The maximum Gasteiger partial charge on any atom is 0.254 e. The van der Waals surface area contributed by atoms with E-state index in [1.54, 1.807) is 38.4 Å². The standard InChI is InChI=1S/C18H20FNO3/c1-12-5-7-14(10-17(12)23-4)18(21)20(2)11-13-6-8-16(22-3)15(19)9-13/h5-10H,11H2,1-4H3. The summed E-state index contributed by atoms with van der Waals surface area (Å²) in [4.78, 5) is 14.0. The molecule has 0 aliphatic heterocycles. The van der Waals surface area contributed by atoms with E-state index in [1.165, 1.54) is 18.1 Å². The molecule has 1 amide bonds. The summed E-state index contributed by atoms with van der Waals surface area (Å²) in [6.07, 6.45) is 0. The van der Waals surface area contributed by atoms with Gasteiger partial charge in [0.1, 0.15) is 5.75 Å². The summed E-state index contributed by atoms with van der Waals surface area (Å²) in [5.74, 6) is 0.258. The van der Waals surface area contributed by atoms with Gasteiger partial charge in [-0.3, -0.25) is 4.79 Å². The topological polar surface area (TPSA) is 38.8 Å². The van der Waals surface area contributed by atoms with Crippen molar-refractivity contribution < 1.29 is 18.7 Å². The van der Waals surface area contributed by atoms with Crippen molar-refractivity contribution in [2.45, 2.75) is 13.5 Å². The normalized spacial score (nSPS) is 10.3. The molecule has 23 heavy (non-hydrogen) atoms. The van der Waals surface area contributed by atoms with Crippen LogP contribution in [0.2, 0.25) is 0 Å². The average molecular weight is 317 g/mol. The number of methoxy groups -OCH3 is 2. The number of hydrogen-bond acceptors (Lipinski definition) is 3. The van der Waals surface area contributed by atoms with Crippen molar-refractivity contribution in [3.8, 4) is 11.5 Å². The van der Waals surface area contributed by atoms with Gasteiger partial charge in [-0.15, -0.1) is 0 Å². The molecule has 0 saturated heterocycles. The minimum Gasteiger partial charge on any atom is -0.496 e. The molecule has 0 N–H and O–H groups in total. The third-order valence-electron chi connectivity index (χ3n) is 3.64. The van der Waals surface area contributed by atoms with E-state index in [0.29, 0.717) is 23.4 Å². The summed E-state index contributed by atoms with van der Waals surface area (Å²) >= 11 is 0.